The van der Waals surface area contributed by atoms with E-state index >= 15 is 0 Å². The third-order valence-corrected chi connectivity index (χ3v) is 3.27. The molecule has 0 N–H and O–H groups in total. The van der Waals surface area contributed by atoms with E-state index in [2.05, 4.69) is 10.1 Å². The third kappa shape index (κ3) is 4.17. The van der Waals surface area contributed by atoms with Gasteiger partial charge >= 0.3 is 0 Å². The van der Waals surface area contributed by atoms with Gasteiger partial charge < -0.3 is 9.25 Å². The molecule has 1 heterocycles. The average molecular weight is 331 g/mol. The summed E-state index contributed by atoms with van der Waals surface area (Å²) in [5.74, 6) is 0.635. The molecule has 0 aliphatic rings. The Hall–Kier alpha value is -2.66. The summed E-state index contributed by atoms with van der Waals surface area (Å²) in [6.07, 6.45) is 3.13. The van der Waals surface area contributed by atoms with E-state index in [1.165, 1.54) is 12.1 Å². The summed E-state index contributed by atoms with van der Waals surface area (Å²) < 4.78 is 18.4. The number of nitrogens with zero attached hydrogens (tertiary/aromatic N) is 2. The fraction of sp³-hybridized carbons (Fsp3) is 0.0588. The van der Waals surface area contributed by atoms with E-state index in [1.807, 2.05) is 12.1 Å². The van der Waals surface area contributed by atoms with Crippen molar-refractivity contribution in [2.24, 2.45) is 5.16 Å². The van der Waals surface area contributed by atoms with Crippen LogP contribution >= 0.6 is 11.6 Å². The lowest BCUT2D eigenvalue weighted by molar-refractivity contribution is 0.113. The van der Waals surface area contributed by atoms with Gasteiger partial charge in [0.25, 0.3) is 0 Å². The van der Waals surface area contributed by atoms with Gasteiger partial charge in [-0.15, -0.1) is 0 Å². The number of halogens is 2. The first-order chi connectivity index (χ1) is 11.2. The molecule has 0 spiro atoms. The molecule has 0 unspecified atom stereocenters. The van der Waals surface area contributed by atoms with Crippen LogP contribution in [-0.4, -0.2) is 11.2 Å². The number of oxime groups is 1. The molecule has 0 bridgehead atoms. The topological polar surface area (TPSA) is 47.6 Å². The zero-order chi connectivity index (χ0) is 16.1. The molecule has 0 fully saturated rings. The molecule has 0 radical (unpaired) electrons. The van der Waals surface area contributed by atoms with E-state index in [9.17, 15) is 4.39 Å². The Morgan fingerprint density at radius 2 is 1.87 bits per heavy atom. The van der Waals surface area contributed by atoms with Crippen LogP contribution in [0.15, 0.2) is 64.3 Å². The van der Waals surface area contributed by atoms with E-state index in [0.29, 0.717) is 16.7 Å². The van der Waals surface area contributed by atoms with Crippen molar-refractivity contribution in [3.8, 4) is 11.3 Å². The molecular weight excluding hydrogens is 319 g/mol. The van der Waals surface area contributed by atoms with Gasteiger partial charge in [0.1, 0.15) is 5.82 Å². The van der Waals surface area contributed by atoms with E-state index < -0.39 is 0 Å². The first kappa shape index (κ1) is 15.2. The lowest BCUT2D eigenvalue weighted by Crippen LogP contribution is -1.88. The molecule has 6 heteroatoms. The van der Waals surface area contributed by atoms with Crippen LogP contribution in [0.5, 0.6) is 0 Å². The van der Waals surface area contributed by atoms with Crippen molar-refractivity contribution in [1.29, 1.82) is 0 Å². The molecule has 116 valence electrons. The first-order valence-electron chi connectivity index (χ1n) is 6.82. The monoisotopic (exact) mass is 330 g/mol. The lowest BCUT2D eigenvalue weighted by atomic mass is 10.2. The molecule has 0 atom stereocenters. The molecule has 23 heavy (non-hydrogen) atoms. The van der Waals surface area contributed by atoms with Gasteiger partial charge in [0.05, 0.1) is 12.4 Å². The van der Waals surface area contributed by atoms with Gasteiger partial charge in [-0.3, -0.25) is 0 Å². The van der Waals surface area contributed by atoms with Crippen molar-refractivity contribution < 1.29 is 13.6 Å². The summed E-state index contributed by atoms with van der Waals surface area (Å²) in [7, 11) is 0. The van der Waals surface area contributed by atoms with Crippen LogP contribution in [0.1, 0.15) is 11.5 Å². The maximum absolute atomic E-state index is 12.9. The summed E-state index contributed by atoms with van der Waals surface area (Å²) in [5.41, 5.74) is 1.61. The summed E-state index contributed by atoms with van der Waals surface area (Å²) >= 11 is 5.80. The minimum atomic E-state index is -0.298. The SMILES string of the molecule is Fc1ccc(-c2cnc(CO/N=C\c3ccc(Cl)cc3)o2)cc1. The lowest BCUT2D eigenvalue weighted by Gasteiger charge is -1.97. The third-order valence-electron chi connectivity index (χ3n) is 3.02. The van der Waals surface area contributed by atoms with Crippen LogP contribution in [-0.2, 0) is 11.4 Å². The highest BCUT2D eigenvalue weighted by atomic mass is 35.5. The molecule has 0 saturated heterocycles. The second-order valence-corrected chi connectivity index (χ2v) is 5.12. The van der Waals surface area contributed by atoms with Crippen molar-refractivity contribution in [2.75, 3.05) is 0 Å². The van der Waals surface area contributed by atoms with Crippen LogP contribution in [0.25, 0.3) is 11.3 Å². The molecule has 0 aliphatic carbocycles. The van der Waals surface area contributed by atoms with Crippen molar-refractivity contribution in [2.45, 2.75) is 6.61 Å². The zero-order valence-corrected chi connectivity index (χ0v) is 12.7. The minimum Gasteiger partial charge on any atom is -0.437 e. The van der Waals surface area contributed by atoms with Crippen LogP contribution < -0.4 is 0 Å². The molecule has 2 aromatic carbocycles. The van der Waals surface area contributed by atoms with E-state index in [-0.39, 0.29) is 12.4 Å². The standard InChI is InChI=1S/C17H12ClFN2O2/c18-14-5-1-12(2-6-14)9-21-22-11-17-20-10-16(23-17)13-3-7-15(19)8-4-13/h1-10H,11H2/b21-9-. The highest BCUT2D eigenvalue weighted by Gasteiger charge is 2.06. The first-order valence-corrected chi connectivity index (χ1v) is 7.20. The fourth-order valence-electron chi connectivity index (χ4n) is 1.86. The van der Waals surface area contributed by atoms with Crippen LogP contribution in [0, 0.1) is 5.82 Å². The normalized spacial score (nSPS) is 11.0. The van der Waals surface area contributed by atoms with Crippen molar-refractivity contribution in [1.82, 2.24) is 4.98 Å². The Labute approximate surface area is 137 Å². The van der Waals surface area contributed by atoms with E-state index in [1.54, 1.807) is 36.7 Å². The highest BCUT2D eigenvalue weighted by Crippen LogP contribution is 2.20. The van der Waals surface area contributed by atoms with E-state index in [4.69, 9.17) is 20.9 Å². The predicted octanol–water partition coefficient (Wildman–Crippen LogP) is 4.68. The summed E-state index contributed by atoms with van der Waals surface area (Å²) in [5, 5.41) is 4.51. The van der Waals surface area contributed by atoms with Crippen LogP contribution in [0.4, 0.5) is 4.39 Å². The number of oxazole rings is 1. The van der Waals surface area contributed by atoms with Gasteiger partial charge in [-0.2, -0.15) is 0 Å². The van der Waals surface area contributed by atoms with Gasteiger partial charge in [-0.25, -0.2) is 9.37 Å². The number of hydrogen-bond donors (Lipinski definition) is 0. The van der Waals surface area contributed by atoms with Crippen LogP contribution in [0.2, 0.25) is 5.02 Å². The number of rotatable bonds is 5. The Morgan fingerprint density at radius 3 is 2.61 bits per heavy atom. The summed E-state index contributed by atoms with van der Waals surface area (Å²) in [6, 6.07) is 13.2. The predicted molar refractivity (Wildman–Crippen MR) is 85.7 cm³/mol. The van der Waals surface area contributed by atoms with Crippen molar-refractivity contribution in [3.63, 3.8) is 0 Å². The average Bonchev–Trinajstić information content (AvgIpc) is 3.03. The second-order valence-electron chi connectivity index (χ2n) is 4.68. The van der Waals surface area contributed by atoms with Gasteiger partial charge in [-0.05, 0) is 42.0 Å². The van der Waals surface area contributed by atoms with Crippen molar-refractivity contribution >= 4 is 17.8 Å². The smallest absolute Gasteiger partial charge is 0.235 e. The maximum atomic E-state index is 12.9. The fourth-order valence-corrected chi connectivity index (χ4v) is 1.99. The Kier molecular flexibility index (Phi) is 4.68. The molecular formula is C17H12ClFN2O2. The van der Waals surface area contributed by atoms with Crippen molar-refractivity contribution in [3.05, 3.63) is 77.0 Å². The molecule has 1 aromatic heterocycles. The van der Waals surface area contributed by atoms with Gasteiger partial charge in [-0.1, -0.05) is 28.9 Å². The van der Waals surface area contributed by atoms with Crippen LogP contribution in [0.3, 0.4) is 0 Å². The molecule has 4 nitrogen and oxygen atoms in total. The molecule has 0 aliphatic heterocycles. The minimum absolute atomic E-state index is 0.102. The van der Waals surface area contributed by atoms with Gasteiger partial charge in [0.2, 0.25) is 5.89 Å². The quantitative estimate of drug-likeness (QED) is 0.504. The number of hydrogen-bond acceptors (Lipinski definition) is 4. The maximum Gasteiger partial charge on any atom is 0.235 e. The number of aromatic nitrogens is 1. The van der Waals surface area contributed by atoms with Gasteiger partial charge in [0.15, 0.2) is 12.4 Å². The summed E-state index contributed by atoms with van der Waals surface area (Å²) in [4.78, 5) is 9.24. The molecule has 0 saturated carbocycles. The zero-order valence-electron chi connectivity index (χ0n) is 11.9. The van der Waals surface area contributed by atoms with E-state index in [0.717, 1.165) is 11.1 Å². The Bertz CT molecular complexity index is 798. The highest BCUT2D eigenvalue weighted by molar-refractivity contribution is 6.30. The largest absolute Gasteiger partial charge is 0.437 e. The molecule has 3 rings (SSSR count). The second kappa shape index (κ2) is 7.07. The number of benzene rings is 2. The summed E-state index contributed by atoms with van der Waals surface area (Å²) in [6.45, 7) is 0.102. The Balaban J connectivity index is 1.57. The Morgan fingerprint density at radius 1 is 1.13 bits per heavy atom. The molecule has 0 amide bonds. The van der Waals surface area contributed by atoms with Gasteiger partial charge in [0, 0.05) is 10.6 Å². The molecule has 3 aromatic rings.